The Bertz CT molecular complexity index is 732. The Kier molecular flexibility index (Phi) is 5.86. The van der Waals surface area contributed by atoms with Gasteiger partial charge in [0, 0.05) is 32.5 Å². The highest BCUT2D eigenvalue weighted by Gasteiger charge is 2.38. The van der Waals surface area contributed by atoms with E-state index in [4.69, 9.17) is 14.2 Å². The third-order valence-corrected chi connectivity index (χ3v) is 3.47. The first-order valence-corrected chi connectivity index (χ1v) is 8.17. The van der Waals surface area contributed by atoms with Crippen LogP contribution in [0.15, 0.2) is 30.0 Å². The summed E-state index contributed by atoms with van der Waals surface area (Å²) < 4.78 is 15.2. The van der Waals surface area contributed by atoms with Gasteiger partial charge in [0.05, 0.1) is 18.5 Å². The van der Waals surface area contributed by atoms with E-state index in [2.05, 4.69) is 10.6 Å². The van der Waals surface area contributed by atoms with Crippen LogP contribution < -0.4 is 15.4 Å². The Morgan fingerprint density at radius 2 is 1.85 bits per heavy atom. The second kappa shape index (κ2) is 7.90. The number of anilines is 2. The molecular weight excluding hydrogens is 340 g/mol. The quantitative estimate of drug-likeness (QED) is 0.455. The van der Waals surface area contributed by atoms with Gasteiger partial charge in [-0.15, -0.1) is 0 Å². The van der Waals surface area contributed by atoms with Crippen molar-refractivity contribution in [1.29, 1.82) is 0 Å². The molecule has 0 unspecified atom stereocenters. The van der Waals surface area contributed by atoms with Crippen molar-refractivity contribution in [2.45, 2.75) is 39.4 Å². The summed E-state index contributed by atoms with van der Waals surface area (Å²) >= 11 is 0. The van der Waals surface area contributed by atoms with Crippen molar-refractivity contribution in [3.05, 3.63) is 30.0 Å². The van der Waals surface area contributed by atoms with Gasteiger partial charge in [-0.2, -0.15) is 0 Å². The molecule has 0 aromatic heterocycles. The largest absolute Gasteiger partial charge is 0.497 e. The molecule has 8 nitrogen and oxygen atoms in total. The Morgan fingerprint density at radius 1 is 1.19 bits per heavy atom. The predicted octanol–water partition coefficient (Wildman–Crippen LogP) is 2.57. The van der Waals surface area contributed by atoms with Gasteiger partial charge in [-0.3, -0.25) is 4.79 Å². The van der Waals surface area contributed by atoms with Gasteiger partial charge < -0.3 is 24.8 Å². The van der Waals surface area contributed by atoms with Crippen LogP contribution in [-0.2, 0) is 23.9 Å². The lowest BCUT2D eigenvalue weighted by atomic mass is 10.2. The van der Waals surface area contributed by atoms with E-state index < -0.39 is 17.7 Å². The zero-order chi connectivity index (χ0) is 19.3. The van der Waals surface area contributed by atoms with E-state index in [0.717, 1.165) is 0 Å². The van der Waals surface area contributed by atoms with Crippen molar-refractivity contribution in [2.24, 2.45) is 0 Å². The number of rotatable bonds is 6. The number of carbonyl (C=O) groups is 3. The summed E-state index contributed by atoms with van der Waals surface area (Å²) in [4.78, 5) is 35.8. The van der Waals surface area contributed by atoms with Gasteiger partial charge in [-0.1, -0.05) is 6.92 Å². The maximum absolute atomic E-state index is 12.0. The fraction of sp³-hybridized carbons (Fsp3) is 0.389. The topological polar surface area (TPSA) is 103 Å². The lowest BCUT2D eigenvalue weighted by Crippen LogP contribution is -2.42. The van der Waals surface area contributed by atoms with Crippen LogP contribution in [0.5, 0.6) is 5.75 Å². The average molecular weight is 362 g/mol. The molecule has 2 N–H and O–H groups in total. The Hall–Kier alpha value is -3.03. The summed E-state index contributed by atoms with van der Waals surface area (Å²) in [6, 6.07) is 4.97. The molecule has 8 heteroatoms. The van der Waals surface area contributed by atoms with Gasteiger partial charge in [-0.05, 0) is 18.6 Å². The molecule has 1 amide bonds. The van der Waals surface area contributed by atoms with Crippen LogP contribution in [0.3, 0.4) is 0 Å². The van der Waals surface area contributed by atoms with Gasteiger partial charge in [0.25, 0.3) is 5.79 Å². The van der Waals surface area contributed by atoms with Crippen LogP contribution in [0.1, 0.15) is 33.6 Å². The van der Waals surface area contributed by atoms with Crippen LogP contribution in [0, 0.1) is 0 Å². The third-order valence-electron chi connectivity index (χ3n) is 3.47. The van der Waals surface area contributed by atoms with Crippen molar-refractivity contribution < 1.29 is 28.6 Å². The number of cyclic esters (lactones) is 2. The molecule has 1 saturated heterocycles. The average Bonchev–Trinajstić information content (AvgIpc) is 2.54. The monoisotopic (exact) mass is 362 g/mol. The van der Waals surface area contributed by atoms with Gasteiger partial charge in [0.2, 0.25) is 5.91 Å². The van der Waals surface area contributed by atoms with Crippen LogP contribution >= 0.6 is 0 Å². The maximum atomic E-state index is 12.0. The summed E-state index contributed by atoms with van der Waals surface area (Å²) in [5, 5.41) is 5.60. The zero-order valence-corrected chi connectivity index (χ0v) is 15.2. The van der Waals surface area contributed by atoms with E-state index in [1.54, 1.807) is 18.2 Å². The van der Waals surface area contributed by atoms with E-state index >= 15 is 0 Å². The summed E-state index contributed by atoms with van der Waals surface area (Å²) in [6.45, 7) is 4.84. The first kappa shape index (κ1) is 19.3. The van der Waals surface area contributed by atoms with Crippen molar-refractivity contribution >= 4 is 29.2 Å². The number of benzene rings is 1. The third kappa shape index (κ3) is 4.75. The Labute approximate surface area is 151 Å². The van der Waals surface area contributed by atoms with E-state index in [1.807, 2.05) is 6.92 Å². The molecule has 0 atom stereocenters. The molecule has 0 bridgehead atoms. The first-order chi connectivity index (χ1) is 12.3. The summed E-state index contributed by atoms with van der Waals surface area (Å²) in [6.07, 6.45) is 2.27. The van der Waals surface area contributed by atoms with Crippen LogP contribution in [0.2, 0.25) is 0 Å². The molecule has 0 saturated carbocycles. The molecule has 1 heterocycles. The van der Waals surface area contributed by atoms with E-state index in [-0.39, 0.29) is 11.5 Å². The minimum Gasteiger partial charge on any atom is -0.497 e. The lowest BCUT2D eigenvalue weighted by molar-refractivity contribution is -0.222. The molecule has 1 fully saturated rings. The van der Waals surface area contributed by atoms with E-state index in [9.17, 15) is 14.4 Å². The molecule has 26 heavy (non-hydrogen) atoms. The highest BCUT2D eigenvalue weighted by Crippen LogP contribution is 2.28. The summed E-state index contributed by atoms with van der Waals surface area (Å²) in [7, 11) is 1.50. The van der Waals surface area contributed by atoms with Crippen LogP contribution in [0.25, 0.3) is 0 Å². The molecule has 1 aromatic carbocycles. The highest BCUT2D eigenvalue weighted by atomic mass is 16.7. The molecular formula is C18H22N2O6. The Balaban J connectivity index is 2.25. The highest BCUT2D eigenvalue weighted by molar-refractivity contribution is 6.15. The number of methoxy groups -OCH3 is 1. The number of carbonyl (C=O) groups excluding carboxylic acids is 3. The standard InChI is InChI=1S/C18H22N2O6/c1-5-6-15(21)20-13-8-7-11(24-4)9-14(13)19-10-12-16(22)25-18(2,3)26-17(12)23/h7-10,19H,5-6H2,1-4H3,(H,20,21). The number of esters is 2. The lowest BCUT2D eigenvalue weighted by Gasteiger charge is -2.29. The molecule has 1 aromatic rings. The number of ether oxygens (including phenoxy) is 3. The first-order valence-electron chi connectivity index (χ1n) is 8.17. The van der Waals surface area contributed by atoms with Gasteiger partial charge >= 0.3 is 11.9 Å². The van der Waals surface area contributed by atoms with Crippen molar-refractivity contribution in [1.82, 2.24) is 0 Å². The van der Waals surface area contributed by atoms with Gasteiger partial charge in [-0.25, -0.2) is 9.59 Å². The summed E-state index contributed by atoms with van der Waals surface area (Å²) in [5.74, 6) is -2.50. The Morgan fingerprint density at radius 3 is 2.42 bits per heavy atom. The molecule has 1 aliphatic rings. The molecule has 2 rings (SSSR count). The molecule has 140 valence electrons. The smallest absolute Gasteiger partial charge is 0.350 e. The van der Waals surface area contributed by atoms with E-state index in [0.29, 0.717) is 30.0 Å². The molecule has 0 spiro atoms. The minimum absolute atomic E-state index is 0.147. The van der Waals surface area contributed by atoms with Crippen LogP contribution in [-0.4, -0.2) is 30.7 Å². The second-order valence-electron chi connectivity index (χ2n) is 6.09. The zero-order valence-electron chi connectivity index (χ0n) is 15.2. The fourth-order valence-corrected chi connectivity index (χ4v) is 2.25. The van der Waals surface area contributed by atoms with Gasteiger partial charge in [0.1, 0.15) is 5.75 Å². The summed E-state index contributed by atoms with van der Waals surface area (Å²) in [5.41, 5.74) is 0.656. The van der Waals surface area contributed by atoms with Crippen molar-refractivity contribution in [3.8, 4) is 5.75 Å². The minimum atomic E-state index is -1.30. The fourth-order valence-electron chi connectivity index (χ4n) is 2.25. The van der Waals surface area contributed by atoms with Crippen LogP contribution in [0.4, 0.5) is 11.4 Å². The van der Waals surface area contributed by atoms with Gasteiger partial charge in [0.15, 0.2) is 5.57 Å². The molecule has 0 aliphatic carbocycles. The van der Waals surface area contributed by atoms with E-state index in [1.165, 1.54) is 27.2 Å². The molecule has 1 aliphatic heterocycles. The van der Waals surface area contributed by atoms with Crippen molar-refractivity contribution in [2.75, 3.05) is 17.7 Å². The number of hydrogen-bond acceptors (Lipinski definition) is 7. The normalized spacial score (nSPS) is 15.6. The maximum Gasteiger partial charge on any atom is 0.350 e. The number of amides is 1. The second-order valence-corrected chi connectivity index (χ2v) is 6.09. The number of nitrogens with one attached hydrogen (secondary N) is 2. The SMILES string of the molecule is CCCC(=O)Nc1ccc(OC)cc1NC=C1C(=O)OC(C)(C)OC1=O. The number of hydrogen-bond donors (Lipinski definition) is 2. The predicted molar refractivity (Wildman–Crippen MR) is 94.5 cm³/mol. The molecule has 0 radical (unpaired) electrons. The van der Waals surface area contributed by atoms with Crippen molar-refractivity contribution in [3.63, 3.8) is 0 Å².